The highest BCUT2D eigenvalue weighted by Gasteiger charge is 2.37. The summed E-state index contributed by atoms with van der Waals surface area (Å²) in [5, 5.41) is 10.9. The fourth-order valence-corrected chi connectivity index (χ4v) is 3.75. The number of halogens is 1. The molecule has 0 unspecified atom stereocenters. The fourth-order valence-electron chi connectivity index (χ4n) is 2.23. The summed E-state index contributed by atoms with van der Waals surface area (Å²) in [4.78, 5) is 36.7. The molecule has 1 aliphatic heterocycles. The molecule has 2 amide bonds. The zero-order valence-electron chi connectivity index (χ0n) is 12.9. The molecule has 3 rings (SSSR count). The van der Waals surface area contributed by atoms with Gasteiger partial charge in [0.15, 0.2) is 4.32 Å². The van der Waals surface area contributed by atoms with Gasteiger partial charge in [0, 0.05) is 22.2 Å². The van der Waals surface area contributed by atoms with E-state index in [2.05, 4.69) is 15.9 Å². The Morgan fingerprint density at radius 3 is 2.58 bits per heavy atom. The molecule has 0 radical (unpaired) electrons. The normalized spacial score (nSPS) is 15.6. The van der Waals surface area contributed by atoms with E-state index in [1.54, 1.807) is 6.08 Å². The van der Waals surface area contributed by atoms with E-state index in [-0.39, 0.29) is 15.6 Å². The zero-order valence-corrected chi connectivity index (χ0v) is 16.1. The van der Waals surface area contributed by atoms with Gasteiger partial charge in [0.25, 0.3) is 17.5 Å². The molecule has 26 heavy (non-hydrogen) atoms. The van der Waals surface area contributed by atoms with Gasteiger partial charge in [-0.3, -0.25) is 19.7 Å². The van der Waals surface area contributed by atoms with Crippen LogP contribution in [-0.2, 0) is 4.79 Å². The van der Waals surface area contributed by atoms with Gasteiger partial charge < -0.3 is 0 Å². The molecule has 0 saturated carbocycles. The summed E-state index contributed by atoms with van der Waals surface area (Å²) in [5.74, 6) is -1.23. The lowest BCUT2D eigenvalue weighted by Crippen LogP contribution is -2.34. The molecular weight excluding hydrogens is 440 g/mol. The molecule has 2 aromatic carbocycles. The third-order valence-electron chi connectivity index (χ3n) is 3.47. The average molecular weight is 449 g/mol. The summed E-state index contributed by atoms with van der Waals surface area (Å²) < 4.78 is 0.998. The smallest absolute Gasteiger partial charge is 0.268 e. The number of nitro benzene ring substituents is 1. The van der Waals surface area contributed by atoms with Gasteiger partial charge >= 0.3 is 0 Å². The molecule has 0 spiro atoms. The van der Waals surface area contributed by atoms with E-state index < -0.39 is 16.7 Å². The van der Waals surface area contributed by atoms with Crippen molar-refractivity contribution in [2.45, 2.75) is 0 Å². The van der Waals surface area contributed by atoms with Crippen LogP contribution in [0.15, 0.2) is 57.9 Å². The highest BCUT2D eigenvalue weighted by molar-refractivity contribution is 9.10. The number of hydrogen-bond donors (Lipinski definition) is 0. The van der Waals surface area contributed by atoms with Crippen LogP contribution < -0.4 is 0 Å². The summed E-state index contributed by atoms with van der Waals surface area (Å²) in [7, 11) is 0. The minimum absolute atomic E-state index is 0.0281. The lowest BCUT2D eigenvalue weighted by Gasteiger charge is -2.12. The second kappa shape index (κ2) is 7.48. The maximum Gasteiger partial charge on any atom is 0.273 e. The van der Waals surface area contributed by atoms with Gasteiger partial charge in [-0.05, 0) is 29.8 Å². The van der Waals surface area contributed by atoms with Crippen molar-refractivity contribution >= 4 is 67.8 Å². The first kappa shape index (κ1) is 18.4. The van der Waals surface area contributed by atoms with Crippen LogP contribution >= 0.6 is 39.9 Å². The Kier molecular flexibility index (Phi) is 5.30. The van der Waals surface area contributed by atoms with Crippen LogP contribution in [0.4, 0.5) is 5.69 Å². The van der Waals surface area contributed by atoms with Crippen molar-refractivity contribution < 1.29 is 14.5 Å². The number of thiocarbonyl (C=S) groups is 1. The predicted molar refractivity (Wildman–Crippen MR) is 107 cm³/mol. The molecule has 0 aliphatic carbocycles. The Morgan fingerprint density at radius 2 is 1.92 bits per heavy atom. The van der Waals surface area contributed by atoms with E-state index in [0.717, 1.165) is 32.8 Å². The fraction of sp³-hybridized carbons (Fsp3) is 0. The molecule has 1 heterocycles. The molecule has 0 bridgehead atoms. The Hall–Kier alpha value is -2.36. The topological polar surface area (TPSA) is 80.5 Å². The lowest BCUT2D eigenvalue weighted by atomic mass is 10.1. The highest BCUT2D eigenvalue weighted by Crippen LogP contribution is 2.34. The van der Waals surface area contributed by atoms with Crippen molar-refractivity contribution in [2.75, 3.05) is 0 Å². The number of rotatable bonds is 3. The van der Waals surface area contributed by atoms with E-state index in [0.29, 0.717) is 4.91 Å². The molecule has 130 valence electrons. The number of benzene rings is 2. The molecular formula is C17H9BrN2O4S2. The van der Waals surface area contributed by atoms with Crippen molar-refractivity contribution in [2.24, 2.45) is 0 Å². The summed E-state index contributed by atoms with van der Waals surface area (Å²) in [6.07, 6.45) is 1.65. The zero-order chi connectivity index (χ0) is 18.8. The standard InChI is InChI=1S/C17H9BrN2O4S2/c18-12-6-4-10(5-7-12)8-14-16(22)19(17(25)26-14)15(21)11-2-1-3-13(9-11)20(23)24/h1-9H/b14-8+. The first-order chi connectivity index (χ1) is 12.4. The quantitative estimate of drug-likeness (QED) is 0.227. The number of nitrogens with zero attached hydrogens (tertiary/aromatic N) is 2. The number of imide groups is 1. The van der Waals surface area contributed by atoms with Gasteiger partial charge in [-0.25, -0.2) is 4.90 Å². The number of hydrogen-bond acceptors (Lipinski definition) is 6. The minimum atomic E-state index is -0.685. The van der Waals surface area contributed by atoms with Gasteiger partial charge in [-0.2, -0.15) is 0 Å². The van der Waals surface area contributed by atoms with E-state index >= 15 is 0 Å². The van der Waals surface area contributed by atoms with Crippen LogP contribution in [-0.4, -0.2) is 26.0 Å². The highest BCUT2D eigenvalue weighted by atomic mass is 79.9. The van der Waals surface area contributed by atoms with E-state index in [1.807, 2.05) is 24.3 Å². The number of carbonyl (C=O) groups excluding carboxylic acids is 2. The van der Waals surface area contributed by atoms with Crippen LogP contribution in [0, 0.1) is 10.1 Å². The number of nitro groups is 1. The molecule has 0 N–H and O–H groups in total. The predicted octanol–water partition coefficient (Wildman–Crippen LogP) is 4.40. The Morgan fingerprint density at radius 1 is 1.23 bits per heavy atom. The van der Waals surface area contributed by atoms with Crippen LogP contribution in [0.5, 0.6) is 0 Å². The van der Waals surface area contributed by atoms with Crippen molar-refractivity contribution in [1.82, 2.24) is 4.90 Å². The number of non-ortho nitro benzene ring substituents is 1. The second-order valence-corrected chi connectivity index (χ2v) is 7.77. The van der Waals surface area contributed by atoms with Crippen molar-refractivity contribution in [3.05, 3.63) is 79.2 Å². The SMILES string of the molecule is O=C1/C(=C\c2ccc(Br)cc2)SC(=S)N1C(=O)c1cccc([N+](=O)[O-])c1. The molecule has 2 aromatic rings. The summed E-state index contributed by atoms with van der Waals surface area (Å²) in [6.45, 7) is 0. The monoisotopic (exact) mass is 448 g/mol. The lowest BCUT2D eigenvalue weighted by molar-refractivity contribution is -0.384. The maximum atomic E-state index is 12.6. The van der Waals surface area contributed by atoms with Crippen molar-refractivity contribution in [3.63, 3.8) is 0 Å². The average Bonchev–Trinajstić information content (AvgIpc) is 2.90. The summed E-state index contributed by atoms with van der Waals surface area (Å²) in [6, 6.07) is 12.5. The maximum absolute atomic E-state index is 12.6. The van der Waals surface area contributed by atoms with Crippen molar-refractivity contribution in [3.8, 4) is 0 Å². The Labute approximate surface area is 166 Å². The van der Waals surface area contributed by atoms with Crippen LogP contribution in [0.2, 0.25) is 0 Å². The number of carbonyl (C=O) groups is 2. The first-order valence-corrected chi connectivity index (χ1v) is 9.21. The molecule has 6 nitrogen and oxygen atoms in total. The van der Waals surface area contributed by atoms with Gasteiger partial charge in [0.2, 0.25) is 0 Å². The third-order valence-corrected chi connectivity index (χ3v) is 5.30. The number of amides is 2. The molecule has 0 atom stereocenters. The summed E-state index contributed by atoms with van der Waals surface area (Å²) >= 11 is 9.51. The van der Waals surface area contributed by atoms with Gasteiger partial charge in [-0.15, -0.1) is 0 Å². The Balaban J connectivity index is 1.89. The molecule has 1 saturated heterocycles. The molecule has 0 aromatic heterocycles. The minimum Gasteiger partial charge on any atom is -0.268 e. The van der Waals surface area contributed by atoms with Crippen LogP contribution in [0.1, 0.15) is 15.9 Å². The largest absolute Gasteiger partial charge is 0.273 e. The number of thioether (sulfide) groups is 1. The third kappa shape index (κ3) is 3.74. The van der Waals surface area contributed by atoms with Crippen molar-refractivity contribution in [1.29, 1.82) is 0 Å². The van der Waals surface area contributed by atoms with E-state index in [9.17, 15) is 19.7 Å². The molecule has 1 aliphatic rings. The Bertz CT molecular complexity index is 973. The van der Waals surface area contributed by atoms with Gasteiger partial charge in [-0.1, -0.05) is 58.1 Å². The van der Waals surface area contributed by atoms with Crippen LogP contribution in [0.3, 0.4) is 0 Å². The summed E-state index contributed by atoms with van der Waals surface area (Å²) in [5.41, 5.74) is 0.587. The molecule has 9 heteroatoms. The first-order valence-electron chi connectivity index (χ1n) is 7.19. The van der Waals surface area contributed by atoms with E-state index in [4.69, 9.17) is 12.2 Å². The second-order valence-electron chi connectivity index (χ2n) is 5.18. The van der Waals surface area contributed by atoms with Crippen LogP contribution in [0.25, 0.3) is 6.08 Å². The van der Waals surface area contributed by atoms with Gasteiger partial charge in [0.1, 0.15) is 0 Å². The van der Waals surface area contributed by atoms with Gasteiger partial charge in [0.05, 0.1) is 9.83 Å². The van der Waals surface area contributed by atoms with E-state index in [1.165, 1.54) is 18.2 Å². The molecule has 1 fully saturated rings.